The number of carbonyl (C=O) groups excluding carboxylic acids is 2. The van der Waals surface area contributed by atoms with E-state index in [-0.39, 0.29) is 29.7 Å². The first kappa shape index (κ1) is 20.3. The molecule has 4 rings (SSSR count). The second-order valence-electron chi connectivity index (χ2n) is 6.28. The molecule has 12 heteroatoms. The van der Waals surface area contributed by atoms with Gasteiger partial charge in [0.15, 0.2) is 0 Å². The maximum atomic E-state index is 12.5. The van der Waals surface area contributed by atoms with Crippen LogP contribution in [0, 0.1) is 0 Å². The van der Waals surface area contributed by atoms with E-state index in [4.69, 9.17) is 14.4 Å². The molecule has 0 aromatic carbocycles. The van der Waals surface area contributed by atoms with E-state index in [9.17, 15) is 22.8 Å². The molecule has 2 aromatic rings. The summed E-state index contributed by atoms with van der Waals surface area (Å²) < 4.78 is 36.7. The largest absolute Gasteiger partial charge is 0.490 e. The summed E-state index contributed by atoms with van der Waals surface area (Å²) in [6.07, 6.45) is 0.810. The van der Waals surface area contributed by atoms with Crippen molar-refractivity contribution in [3.63, 3.8) is 0 Å². The van der Waals surface area contributed by atoms with Gasteiger partial charge in [0.05, 0.1) is 30.2 Å². The maximum absolute atomic E-state index is 12.5. The van der Waals surface area contributed by atoms with Gasteiger partial charge in [0.25, 0.3) is 5.91 Å². The lowest BCUT2D eigenvalue weighted by Crippen LogP contribution is -2.39. The van der Waals surface area contributed by atoms with Crippen LogP contribution in [0.3, 0.4) is 0 Å². The summed E-state index contributed by atoms with van der Waals surface area (Å²) in [5.74, 6) is -2.72. The molecule has 2 saturated heterocycles. The lowest BCUT2D eigenvalue weighted by atomic mass is 10.1. The number of fused-ring (bicyclic) bond motifs is 1. The number of hydrogen-bond acceptors (Lipinski definition) is 6. The number of aromatic nitrogens is 2. The van der Waals surface area contributed by atoms with Gasteiger partial charge in [-0.2, -0.15) is 13.2 Å². The van der Waals surface area contributed by atoms with Gasteiger partial charge in [-0.25, -0.2) is 4.79 Å². The summed E-state index contributed by atoms with van der Waals surface area (Å²) >= 11 is 0. The highest BCUT2D eigenvalue weighted by Gasteiger charge is 2.49. The fraction of sp³-hybridized carbons (Fsp3) is 0.353. The number of hydrogen-bond donors (Lipinski definition) is 1. The van der Waals surface area contributed by atoms with Gasteiger partial charge in [0.1, 0.15) is 0 Å². The quantitative estimate of drug-likeness (QED) is 0.798. The number of nitrogens with zero attached hydrogens (tertiary/aromatic N) is 4. The molecular formula is C17H15F3N4O5. The van der Waals surface area contributed by atoms with Crippen LogP contribution in [0.15, 0.2) is 41.3 Å². The number of carbonyl (C=O) groups is 3. The molecule has 0 radical (unpaired) electrons. The van der Waals surface area contributed by atoms with Gasteiger partial charge >= 0.3 is 12.1 Å². The molecule has 154 valence electrons. The number of alkyl halides is 3. The van der Waals surface area contributed by atoms with E-state index in [0.717, 1.165) is 12.1 Å². The number of rotatable bonds is 2. The fourth-order valence-corrected chi connectivity index (χ4v) is 3.40. The van der Waals surface area contributed by atoms with Crippen molar-refractivity contribution in [2.45, 2.75) is 31.1 Å². The monoisotopic (exact) mass is 412 g/mol. The third-order valence-electron chi connectivity index (χ3n) is 4.57. The van der Waals surface area contributed by atoms with Crippen LogP contribution in [0.4, 0.5) is 18.9 Å². The van der Waals surface area contributed by atoms with Crippen molar-refractivity contribution in [2.75, 3.05) is 11.4 Å². The molecule has 29 heavy (non-hydrogen) atoms. The summed E-state index contributed by atoms with van der Waals surface area (Å²) in [4.78, 5) is 41.3. The lowest BCUT2D eigenvalue weighted by Gasteiger charge is -2.24. The van der Waals surface area contributed by atoms with Crippen molar-refractivity contribution in [1.29, 1.82) is 0 Å². The predicted octanol–water partition coefficient (Wildman–Crippen LogP) is 1.72. The van der Waals surface area contributed by atoms with Gasteiger partial charge in [0, 0.05) is 25.2 Å². The summed E-state index contributed by atoms with van der Waals surface area (Å²) in [5.41, 5.74) is 0.786. The second kappa shape index (κ2) is 7.89. The van der Waals surface area contributed by atoms with E-state index >= 15 is 0 Å². The van der Waals surface area contributed by atoms with E-state index in [2.05, 4.69) is 10.1 Å². The van der Waals surface area contributed by atoms with Crippen LogP contribution in [0.25, 0.3) is 0 Å². The highest BCUT2D eigenvalue weighted by Crippen LogP contribution is 2.36. The Bertz CT molecular complexity index is 888. The summed E-state index contributed by atoms with van der Waals surface area (Å²) in [6, 6.07) is 5.11. The minimum Gasteiger partial charge on any atom is -0.475 e. The Balaban J connectivity index is 0.000000298. The second-order valence-corrected chi connectivity index (χ2v) is 6.28. The van der Waals surface area contributed by atoms with Gasteiger partial charge in [0.2, 0.25) is 11.7 Å². The average Bonchev–Trinajstić information content (AvgIpc) is 3.38. The van der Waals surface area contributed by atoms with Crippen molar-refractivity contribution in [1.82, 2.24) is 15.0 Å². The number of likely N-dealkylation sites (tertiary alicyclic amines) is 1. The SMILES string of the molecule is O=C(O)C(F)(F)F.O=C(c1ccno1)N1CC[C@@H]2[C@@H]1CC(=O)N2c1cccnc1. The van der Waals surface area contributed by atoms with Gasteiger partial charge in [-0.1, -0.05) is 5.16 Å². The Hall–Kier alpha value is -3.44. The maximum Gasteiger partial charge on any atom is 0.490 e. The molecule has 2 fully saturated rings. The van der Waals surface area contributed by atoms with Gasteiger partial charge in [-0.05, 0) is 18.6 Å². The third-order valence-corrected chi connectivity index (χ3v) is 4.57. The molecule has 2 amide bonds. The van der Waals surface area contributed by atoms with Crippen molar-refractivity contribution >= 4 is 23.5 Å². The molecule has 0 spiro atoms. The molecule has 2 atom stereocenters. The Labute approximate surface area is 161 Å². The van der Waals surface area contributed by atoms with E-state index in [0.29, 0.717) is 13.0 Å². The average molecular weight is 412 g/mol. The van der Waals surface area contributed by atoms with Crippen LogP contribution in [0.5, 0.6) is 0 Å². The Morgan fingerprint density at radius 1 is 1.21 bits per heavy atom. The fourth-order valence-electron chi connectivity index (χ4n) is 3.40. The zero-order chi connectivity index (χ0) is 21.2. The van der Waals surface area contributed by atoms with Gasteiger partial charge in [-0.15, -0.1) is 0 Å². The molecule has 0 unspecified atom stereocenters. The van der Waals surface area contributed by atoms with Crippen molar-refractivity contribution < 1.29 is 37.2 Å². The molecule has 2 aliphatic rings. The highest BCUT2D eigenvalue weighted by atomic mass is 19.4. The minimum atomic E-state index is -5.08. The molecule has 2 aromatic heterocycles. The standard InChI is InChI=1S/C15H14N4O3.C2HF3O2/c20-14-8-12-11(19(14)10-2-1-5-16-9-10)4-7-18(12)15(21)13-3-6-17-22-13;3-2(4,5)1(6)7/h1-3,5-6,9,11-12H,4,7-8H2;(H,6,7)/t11-,12+;/m1./s1. The molecule has 4 heterocycles. The molecule has 0 aliphatic carbocycles. The van der Waals surface area contributed by atoms with Crippen molar-refractivity contribution in [3.05, 3.63) is 42.5 Å². The normalized spacial score (nSPS) is 20.9. The third kappa shape index (κ3) is 4.20. The molecule has 9 nitrogen and oxygen atoms in total. The summed E-state index contributed by atoms with van der Waals surface area (Å²) in [5, 5.41) is 10.7. The molecule has 2 aliphatic heterocycles. The Morgan fingerprint density at radius 2 is 1.93 bits per heavy atom. The molecule has 0 saturated carbocycles. The number of anilines is 1. The first-order chi connectivity index (χ1) is 13.7. The van der Waals surface area contributed by atoms with Crippen LogP contribution in [-0.2, 0) is 9.59 Å². The molecule has 1 N–H and O–H groups in total. The van der Waals surface area contributed by atoms with E-state index in [1.165, 1.54) is 6.20 Å². The molecular weight excluding hydrogens is 397 g/mol. The Kier molecular flexibility index (Phi) is 5.52. The minimum absolute atomic E-state index is 0.00331. The predicted molar refractivity (Wildman–Crippen MR) is 89.8 cm³/mol. The van der Waals surface area contributed by atoms with Gasteiger partial charge < -0.3 is 19.4 Å². The van der Waals surface area contributed by atoms with Crippen molar-refractivity contribution in [2.24, 2.45) is 0 Å². The van der Waals surface area contributed by atoms with Crippen LogP contribution in [0.2, 0.25) is 0 Å². The highest BCUT2D eigenvalue weighted by molar-refractivity contribution is 5.99. The zero-order valence-corrected chi connectivity index (χ0v) is 14.7. The number of aliphatic carboxylic acids is 1. The summed E-state index contributed by atoms with van der Waals surface area (Å²) in [7, 11) is 0. The Morgan fingerprint density at radius 3 is 2.48 bits per heavy atom. The number of carboxylic acid groups (broad SMARTS) is 1. The smallest absolute Gasteiger partial charge is 0.475 e. The van der Waals surface area contributed by atoms with Crippen LogP contribution < -0.4 is 4.90 Å². The van der Waals surface area contributed by atoms with Crippen LogP contribution in [-0.4, -0.2) is 62.7 Å². The van der Waals surface area contributed by atoms with Crippen LogP contribution in [0.1, 0.15) is 23.4 Å². The number of carboxylic acids is 1. The van der Waals surface area contributed by atoms with Crippen LogP contribution >= 0.6 is 0 Å². The van der Waals surface area contributed by atoms with E-state index < -0.39 is 12.1 Å². The topological polar surface area (TPSA) is 117 Å². The summed E-state index contributed by atoms with van der Waals surface area (Å²) in [6.45, 7) is 0.610. The van der Waals surface area contributed by atoms with E-state index in [1.807, 2.05) is 12.1 Å². The van der Waals surface area contributed by atoms with E-state index in [1.54, 1.807) is 28.3 Å². The number of amides is 2. The molecule has 0 bridgehead atoms. The number of pyridine rings is 1. The number of halogens is 3. The first-order valence-corrected chi connectivity index (χ1v) is 8.44. The van der Waals surface area contributed by atoms with Crippen molar-refractivity contribution in [3.8, 4) is 0 Å². The van der Waals surface area contributed by atoms with Gasteiger partial charge in [-0.3, -0.25) is 14.6 Å². The zero-order valence-electron chi connectivity index (χ0n) is 14.7. The lowest BCUT2D eigenvalue weighted by molar-refractivity contribution is -0.192. The first-order valence-electron chi connectivity index (χ1n) is 8.44.